The van der Waals surface area contributed by atoms with Crippen LogP contribution >= 0.6 is 0 Å². The molecule has 0 spiro atoms. The number of carboxylic acids is 1. The highest BCUT2D eigenvalue weighted by Gasteiger charge is 2.14. The van der Waals surface area contributed by atoms with Crippen LogP contribution in [0.25, 0.3) is 0 Å². The first-order valence-corrected chi connectivity index (χ1v) is 8.44. The standard InChI is InChI=1S/C16H16FNO4S/c17-13-6-10-15(11-7-13)23(21,22)18-14-8-4-12(5-9-14)2-1-3-16(19)20/h4-11,18H,1-3H2,(H,19,20). The third-order valence-corrected chi connectivity index (χ3v) is 4.58. The highest BCUT2D eigenvalue weighted by Crippen LogP contribution is 2.17. The molecule has 122 valence electrons. The molecule has 2 aromatic carbocycles. The van der Waals surface area contributed by atoms with Gasteiger partial charge in [0.2, 0.25) is 0 Å². The van der Waals surface area contributed by atoms with Crippen LogP contribution in [0, 0.1) is 5.82 Å². The molecule has 0 atom stereocenters. The van der Waals surface area contributed by atoms with Gasteiger partial charge in [-0.05, 0) is 54.8 Å². The van der Waals surface area contributed by atoms with Gasteiger partial charge in [0.15, 0.2) is 0 Å². The minimum atomic E-state index is -3.77. The Morgan fingerprint density at radius 1 is 1.04 bits per heavy atom. The molecule has 7 heteroatoms. The average molecular weight is 337 g/mol. The molecule has 23 heavy (non-hydrogen) atoms. The number of aliphatic carboxylic acids is 1. The zero-order valence-corrected chi connectivity index (χ0v) is 13.0. The fourth-order valence-corrected chi connectivity index (χ4v) is 3.07. The van der Waals surface area contributed by atoms with Crippen LogP contribution in [0.1, 0.15) is 18.4 Å². The first-order valence-electron chi connectivity index (χ1n) is 6.96. The van der Waals surface area contributed by atoms with E-state index in [9.17, 15) is 17.6 Å². The number of hydrogen-bond donors (Lipinski definition) is 2. The molecular weight excluding hydrogens is 321 g/mol. The molecule has 0 unspecified atom stereocenters. The van der Waals surface area contributed by atoms with Crippen LogP contribution in [0.15, 0.2) is 53.4 Å². The van der Waals surface area contributed by atoms with Gasteiger partial charge in [-0.3, -0.25) is 9.52 Å². The molecule has 0 aromatic heterocycles. The highest BCUT2D eigenvalue weighted by atomic mass is 32.2. The molecule has 0 amide bonds. The van der Waals surface area contributed by atoms with E-state index >= 15 is 0 Å². The fraction of sp³-hybridized carbons (Fsp3) is 0.188. The quantitative estimate of drug-likeness (QED) is 0.813. The third kappa shape index (κ3) is 5.07. The number of hydrogen-bond acceptors (Lipinski definition) is 3. The van der Waals surface area contributed by atoms with E-state index in [1.165, 1.54) is 12.1 Å². The minimum absolute atomic E-state index is 0.0237. The molecule has 0 fully saturated rings. The van der Waals surface area contributed by atoms with Crippen LogP contribution < -0.4 is 4.72 Å². The number of anilines is 1. The number of halogens is 1. The topological polar surface area (TPSA) is 83.5 Å². The predicted octanol–water partition coefficient (Wildman–Crippen LogP) is 3.03. The van der Waals surface area contributed by atoms with Crippen molar-refractivity contribution in [2.75, 3.05) is 4.72 Å². The average Bonchev–Trinajstić information content (AvgIpc) is 2.49. The van der Waals surface area contributed by atoms with Crippen molar-refractivity contribution in [2.45, 2.75) is 24.2 Å². The van der Waals surface area contributed by atoms with Gasteiger partial charge < -0.3 is 5.11 Å². The smallest absolute Gasteiger partial charge is 0.303 e. The van der Waals surface area contributed by atoms with Crippen LogP contribution in [0.3, 0.4) is 0 Å². The Kier molecular flexibility index (Phi) is 5.33. The molecule has 5 nitrogen and oxygen atoms in total. The van der Waals surface area contributed by atoms with Crippen LogP contribution in [0.2, 0.25) is 0 Å². The van der Waals surface area contributed by atoms with Crippen molar-refractivity contribution in [1.29, 1.82) is 0 Å². The Morgan fingerprint density at radius 2 is 1.65 bits per heavy atom. The van der Waals surface area contributed by atoms with E-state index in [0.29, 0.717) is 18.5 Å². The van der Waals surface area contributed by atoms with Gasteiger partial charge in [0.1, 0.15) is 5.82 Å². The third-order valence-electron chi connectivity index (χ3n) is 3.19. The molecule has 0 aliphatic heterocycles. The number of rotatable bonds is 7. The molecular formula is C16H16FNO4S. The van der Waals surface area contributed by atoms with E-state index < -0.39 is 21.8 Å². The Balaban J connectivity index is 2.02. The number of benzene rings is 2. The summed E-state index contributed by atoms with van der Waals surface area (Å²) in [4.78, 5) is 10.4. The van der Waals surface area contributed by atoms with E-state index in [4.69, 9.17) is 5.11 Å². The van der Waals surface area contributed by atoms with Crippen molar-refractivity contribution < 1.29 is 22.7 Å². The van der Waals surface area contributed by atoms with Crippen molar-refractivity contribution in [3.8, 4) is 0 Å². The maximum atomic E-state index is 12.8. The zero-order valence-electron chi connectivity index (χ0n) is 12.2. The van der Waals surface area contributed by atoms with E-state index in [1.807, 2.05) is 0 Å². The summed E-state index contributed by atoms with van der Waals surface area (Å²) in [5.41, 5.74) is 1.31. The SMILES string of the molecule is O=C(O)CCCc1ccc(NS(=O)(=O)c2ccc(F)cc2)cc1. The monoisotopic (exact) mass is 337 g/mol. The summed E-state index contributed by atoms with van der Waals surface area (Å²) in [6.45, 7) is 0. The Bertz CT molecular complexity index is 771. The lowest BCUT2D eigenvalue weighted by atomic mass is 10.1. The normalized spacial score (nSPS) is 11.2. The summed E-state index contributed by atoms with van der Waals surface area (Å²) in [5.74, 6) is -1.34. The van der Waals surface area contributed by atoms with Crippen LogP contribution in [-0.2, 0) is 21.2 Å². The maximum Gasteiger partial charge on any atom is 0.303 e. The fourth-order valence-electron chi connectivity index (χ4n) is 2.01. The van der Waals surface area contributed by atoms with E-state index in [0.717, 1.165) is 17.7 Å². The van der Waals surface area contributed by atoms with E-state index in [1.54, 1.807) is 24.3 Å². The second-order valence-electron chi connectivity index (χ2n) is 5.00. The van der Waals surface area contributed by atoms with Gasteiger partial charge in [0.05, 0.1) is 4.90 Å². The molecule has 2 rings (SSSR count). The number of carbonyl (C=O) groups is 1. The number of nitrogens with one attached hydrogen (secondary N) is 1. The van der Waals surface area contributed by atoms with Gasteiger partial charge in [-0.15, -0.1) is 0 Å². The van der Waals surface area contributed by atoms with Gasteiger partial charge in [-0.2, -0.15) is 0 Å². The van der Waals surface area contributed by atoms with Crippen molar-refractivity contribution in [3.63, 3.8) is 0 Å². The highest BCUT2D eigenvalue weighted by molar-refractivity contribution is 7.92. The first-order chi connectivity index (χ1) is 10.9. The van der Waals surface area contributed by atoms with Gasteiger partial charge in [0, 0.05) is 12.1 Å². The molecule has 0 radical (unpaired) electrons. The van der Waals surface area contributed by atoms with Gasteiger partial charge in [-0.1, -0.05) is 12.1 Å². The van der Waals surface area contributed by atoms with Crippen LogP contribution in [0.4, 0.5) is 10.1 Å². The lowest BCUT2D eigenvalue weighted by Crippen LogP contribution is -2.12. The Hall–Kier alpha value is -2.41. The van der Waals surface area contributed by atoms with Crippen LogP contribution in [-0.4, -0.2) is 19.5 Å². The molecule has 0 aliphatic carbocycles. The predicted molar refractivity (Wildman–Crippen MR) is 84.2 cm³/mol. The number of sulfonamides is 1. The number of aryl methyl sites for hydroxylation is 1. The summed E-state index contributed by atoms with van der Waals surface area (Å²) < 4.78 is 39.5. The molecule has 0 heterocycles. The Labute approximate surface area is 133 Å². The summed E-state index contributed by atoms with van der Waals surface area (Å²) in [6, 6.07) is 11.2. The maximum absolute atomic E-state index is 12.8. The molecule has 0 saturated carbocycles. The van der Waals surface area contributed by atoms with E-state index in [2.05, 4.69) is 4.72 Å². The summed E-state index contributed by atoms with van der Waals surface area (Å²) in [6.07, 6.45) is 1.23. The lowest BCUT2D eigenvalue weighted by Gasteiger charge is -2.09. The van der Waals surface area contributed by atoms with Crippen molar-refractivity contribution in [2.24, 2.45) is 0 Å². The van der Waals surface area contributed by atoms with Crippen molar-refractivity contribution in [3.05, 3.63) is 59.9 Å². The molecule has 0 bridgehead atoms. The molecule has 2 aromatic rings. The summed E-state index contributed by atoms with van der Waals surface area (Å²) >= 11 is 0. The summed E-state index contributed by atoms with van der Waals surface area (Å²) in [5, 5.41) is 8.59. The van der Waals surface area contributed by atoms with Crippen molar-refractivity contribution in [1.82, 2.24) is 0 Å². The van der Waals surface area contributed by atoms with Crippen molar-refractivity contribution >= 4 is 21.7 Å². The second-order valence-corrected chi connectivity index (χ2v) is 6.69. The number of carboxylic acid groups (broad SMARTS) is 1. The molecule has 0 saturated heterocycles. The Morgan fingerprint density at radius 3 is 2.22 bits per heavy atom. The van der Waals surface area contributed by atoms with Gasteiger partial charge in [-0.25, -0.2) is 12.8 Å². The lowest BCUT2D eigenvalue weighted by molar-refractivity contribution is -0.137. The first kappa shape index (κ1) is 17.0. The van der Waals surface area contributed by atoms with Gasteiger partial charge in [0.25, 0.3) is 10.0 Å². The van der Waals surface area contributed by atoms with E-state index in [-0.39, 0.29) is 11.3 Å². The largest absolute Gasteiger partial charge is 0.481 e. The zero-order chi connectivity index (χ0) is 16.9. The molecule has 0 aliphatic rings. The minimum Gasteiger partial charge on any atom is -0.481 e. The van der Waals surface area contributed by atoms with Crippen LogP contribution in [0.5, 0.6) is 0 Å². The van der Waals surface area contributed by atoms with Gasteiger partial charge >= 0.3 is 5.97 Å². The second kappa shape index (κ2) is 7.23. The molecule has 2 N–H and O–H groups in total. The summed E-state index contributed by atoms with van der Waals surface area (Å²) in [7, 11) is -3.77.